The maximum atomic E-state index is 5.74. The van der Waals surface area contributed by atoms with Crippen molar-refractivity contribution in [3.8, 4) is 10.8 Å². The molecule has 0 fully saturated rings. The number of fused-ring (bicyclic) bond motifs is 1. The largest absolute Gasteiger partial charge is 0.410 e. The Morgan fingerprint density at radius 3 is 2.91 bits per heavy atom. The van der Waals surface area contributed by atoms with Gasteiger partial charge in [0, 0.05) is 18.1 Å². The van der Waals surface area contributed by atoms with Gasteiger partial charge in [0.1, 0.15) is 10.5 Å². The van der Waals surface area contributed by atoms with Gasteiger partial charge in [0.15, 0.2) is 0 Å². The van der Waals surface area contributed by atoms with Crippen LogP contribution in [0.5, 0.6) is 0 Å². The van der Waals surface area contributed by atoms with Crippen molar-refractivity contribution in [2.45, 2.75) is 24.8 Å². The summed E-state index contributed by atoms with van der Waals surface area (Å²) in [5.74, 6) is 1.22. The Hall–Kier alpha value is -2.19. The van der Waals surface area contributed by atoms with Crippen LogP contribution >= 0.6 is 23.1 Å². The van der Waals surface area contributed by atoms with E-state index in [0.29, 0.717) is 16.9 Å². The minimum absolute atomic E-state index is 0.533. The van der Waals surface area contributed by atoms with Crippen molar-refractivity contribution in [1.29, 1.82) is 0 Å². The fraction of sp³-hybridized carbons (Fsp3) is 0.200. The first kappa shape index (κ1) is 14.4. The van der Waals surface area contributed by atoms with Crippen LogP contribution in [0.4, 0.5) is 0 Å². The molecule has 8 heteroatoms. The van der Waals surface area contributed by atoms with Crippen molar-refractivity contribution in [1.82, 2.24) is 24.6 Å². The van der Waals surface area contributed by atoms with Crippen molar-refractivity contribution in [3.05, 3.63) is 47.0 Å². The number of rotatable bonds is 4. The van der Waals surface area contributed by atoms with Crippen molar-refractivity contribution in [2.75, 3.05) is 0 Å². The van der Waals surface area contributed by atoms with Gasteiger partial charge < -0.3 is 8.82 Å². The maximum Gasteiger partial charge on any atom is 0.277 e. The fourth-order valence-corrected chi connectivity index (χ4v) is 3.77. The van der Waals surface area contributed by atoms with Crippen molar-refractivity contribution < 1.29 is 4.42 Å². The van der Waals surface area contributed by atoms with Crippen LogP contribution in [-0.2, 0) is 5.75 Å². The second kappa shape index (κ2) is 5.78. The number of aromatic nitrogens is 5. The molecule has 0 amide bonds. The summed E-state index contributed by atoms with van der Waals surface area (Å²) in [6.07, 6.45) is 3.99. The molecule has 116 valence electrons. The summed E-state index contributed by atoms with van der Waals surface area (Å²) in [4.78, 5) is 9.88. The summed E-state index contributed by atoms with van der Waals surface area (Å²) < 4.78 is 7.73. The number of hydrogen-bond acceptors (Lipinski definition) is 7. The number of thiazole rings is 1. The minimum atomic E-state index is 0.533. The van der Waals surface area contributed by atoms with E-state index in [9.17, 15) is 0 Å². The zero-order valence-corrected chi connectivity index (χ0v) is 14.2. The third-order valence-corrected chi connectivity index (χ3v) is 5.17. The van der Waals surface area contributed by atoms with Gasteiger partial charge in [-0.2, -0.15) is 0 Å². The Morgan fingerprint density at radius 1 is 1.22 bits per heavy atom. The SMILES string of the molecule is Cc1nc(C)c(-c2nnc(SCc3cn4ccccc4n3)o2)s1. The summed E-state index contributed by atoms with van der Waals surface area (Å²) in [5.41, 5.74) is 2.84. The zero-order valence-electron chi connectivity index (χ0n) is 12.6. The molecule has 6 nitrogen and oxygen atoms in total. The zero-order chi connectivity index (χ0) is 15.8. The number of pyridine rings is 1. The highest BCUT2D eigenvalue weighted by molar-refractivity contribution is 7.98. The number of nitrogens with zero attached hydrogens (tertiary/aromatic N) is 5. The first-order valence-corrected chi connectivity index (χ1v) is 8.82. The highest BCUT2D eigenvalue weighted by atomic mass is 32.2. The van der Waals surface area contributed by atoms with E-state index in [1.54, 1.807) is 11.3 Å². The number of hydrogen-bond donors (Lipinski definition) is 0. The smallest absolute Gasteiger partial charge is 0.277 e. The Morgan fingerprint density at radius 2 is 2.13 bits per heavy atom. The van der Waals surface area contributed by atoms with E-state index in [4.69, 9.17) is 4.42 Å². The fourth-order valence-electron chi connectivity index (χ4n) is 2.28. The Balaban J connectivity index is 1.50. The van der Waals surface area contributed by atoms with Gasteiger partial charge in [-0.05, 0) is 26.0 Å². The Labute approximate surface area is 140 Å². The summed E-state index contributed by atoms with van der Waals surface area (Å²) in [5, 5.41) is 9.76. The van der Waals surface area contributed by atoms with E-state index in [2.05, 4.69) is 20.2 Å². The van der Waals surface area contributed by atoms with Gasteiger partial charge in [0.05, 0.1) is 16.4 Å². The molecule has 0 atom stereocenters. The first-order valence-electron chi connectivity index (χ1n) is 7.02. The molecule has 0 saturated heterocycles. The van der Waals surface area contributed by atoms with Gasteiger partial charge >= 0.3 is 0 Å². The van der Waals surface area contributed by atoms with Crippen molar-refractivity contribution >= 4 is 28.7 Å². The maximum absolute atomic E-state index is 5.74. The highest BCUT2D eigenvalue weighted by Gasteiger charge is 2.15. The minimum Gasteiger partial charge on any atom is -0.410 e. The molecular formula is C15H13N5OS2. The van der Waals surface area contributed by atoms with Crippen LogP contribution in [0.3, 0.4) is 0 Å². The predicted molar refractivity (Wildman–Crippen MR) is 89.6 cm³/mol. The summed E-state index contributed by atoms with van der Waals surface area (Å²) in [7, 11) is 0. The van der Waals surface area contributed by atoms with Crippen LogP contribution in [0.2, 0.25) is 0 Å². The van der Waals surface area contributed by atoms with Gasteiger partial charge in [-0.1, -0.05) is 17.8 Å². The van der Waals surface area contributed by atoms with Crippen LogP contribution < -0.4 is 0 Å². The van der Waals surface area contributed by atoms with Crippen molar-refractivity contribution in [2.24, 2.45) is 0 Å². The average Bonchev–Trinajstić information content (AvgIpc) is 3.22. The van der Waals surface area contributed by atoms with Crippen LogP contribution in [0.1, 0.15) is 16.4 Å². The third-order valence-electron chi connectivity index (χ3n) is 3.26. The molecule has 4 rings (SSSR count). The molecule has 0 N–H and O–H groups in total. The number of imidazole rings is 1. The monoisotopic (exact) mass is 343 g/mol. The molecule has 4 heterocycles. The number of aryl methyl sites for hydroxylation is 2. The predicted octanol–water partition coefficient (Wildman–Crippen LogP) is 3.75. The molecule has 4 aromatic rings. The highest BCUT2D eigenvalue weighted by Crippen LogP contribution is 2.31. The standard InChI is InChI=1S/C15H13N5OS2/c1-9-13(23-10(2)16-9)14-18-19-15(21-14)22-8-11-7-20-6-4-3-5-12(20)17-11/h3-7H,8H2,1-2H3. The van der Waals surface area contributed by atoms with Gasteiger partial charge in [-0.3, -0.25) is 0 Å². The average molecular weight is 343 g/mol. The first-order chi connectivity index (χ1) is 11.2. The normalized spacial score (nSPS) is 11.4. The van der Waals surface area contributed by atoms with Crippen LogP contribution in [0.25, 0.3) is 16.4 Å². The molecule has 0 spiro atoms. The van der Waals surface area contributed by atoms with E-state index >= 15 is 0 Å². The topological polar surface area (TPSA) is 69.1 Å². The second-order valence-corrected chi connectivity index (χ2v) is 7.14. The third kappa shape index (κ3) is 2.87. The van der Waals surface area contributed by atoms with E-state index in [-0.39, 0.29) is 0 Å². The lowest BCUT2D eigenvalue weighted by Gasteiger charge is -1.92. The molecule has 0 aliphatic carbocycles. The number of thioether (sulfide) groups is 1. The molecule has 0 aromatic carbocycles. The van der Waals surface area contributed by atoms with E-state index in [1.807, 2.05) is 48.8 Å². The van der Waals surface area contributed by atoms with Crippen molar-refractivity contribution in [3.63, 3.8) is 0 Å². The lowest BCUT2D eigenvalue weighted by molar-refractivity contribution is 0.466. The van der Waals surface area contributed by atoms with Crippen LogP contribution in [0.15, 0.2) is 40.2 Å². The summed E-state index contributed by atoms with van der Waals surface area (Å²) in [6, 6.07) is 5.94. The second-order valence-electron chi connectivity index (χ2n) is 5.01. The lowest BCUT2D eigenvalue weighted by atomic mass is 10.4. The van der Waals surface area contributed by atoms with Crippen LogP contribution in [-0.4, -0.2) is 24.6 Å². The van der Waals surface area contributed by atoms with Gasteiger partial charge in [-0.15, -0.1) is 21.5 Å². The molecule has 0 saturated carbocycles. The van der Waals surface area contributed by atoms with Gasteiger partial charge in [0.2, 0.25) is 0 Å². The van der Waals surface area contributed by atoms with Gasteiger partial charge in [0.25, 0.3) is 11.1 Å². The van der Waals surface area contributed by atoms with E-state index in [1.165, 1.54) is 11.8 Å². The quantitative estimate of drug-likeness (QED) is 0.526. The Kier molecular flexibility index (Phi) is 3.62. The Bertz CT molecular complexity index is 938. The van der Waals surface area contributed by atoms with Gasteiger partial charge in [-0.25, -0.2) is 9.97 Å². The molecule has 23 heavy (non-hydrogen) atoms. The van der Waals surface area contributed by atoms with Crippen LogP contribution in [0, 0.1) is 13.8 Å². The van der Waals surface area contributed by atoms with E-state index < -0.39 is 0 Å². The molecule has 4 aromatic heterocycles. The van der Waals surface area contributed by atoms with E-state index in [0.717, 1.165) is 26.9 Å². The molecule has 0 radical (unpaired) electrons. The molecule has 0 aliphatic heterocycles. The summed E-state index contributed by atoms with van der Waals surface area (Å²) in [6.45, 7) is 3.92. The molecule has 0 bridgehead atoms. The molecular weight excluding hydrogens is 330 g/mol. The molecule has 0 aliphatic rings. The molecule has 0 unspecified atom stereocenters. The lowest BCUT2D eigenvalue weighted by Crippen LogP contribution is -1.79. The summed E-state index contributed by atoms with van der Waals surface area (Å²) >= 11 is 3.05.